The summed E-state index contributed by atoms with van der Waals surface area (Å²) in [6.07, 6.45) is 0.497. The zero-order valence-corrected chi connectivity index (χ0v) is 12.7. The van der Waals surface area contributed by atoms with Gasteiger partial charge < -0.3 is 10.4 Å². The maximum Gasteiger partial charge on any atom is 0.320 e. The molecule has 22 heavy (non-hydrogen) atoms. The van der Waals surface area contributed by atoms with Crippen LogP contribution in [0.5, 0.6) is 0 Å². The van der Waals surface area contributed by atoms with E-state index in [4.69, 9.17) is 5.11 Å². The first-order valence-electron chi connectivity index (χ1n) is 7.33. The summed E-state index contributed by atoms with van der Waals surface area (Å²) in [7, 11) is 0. The van der Waals surface area contributed by atoms with Gasteiger partial charge in [0.2, 0.25) is 0 Å². The van der Waals surface area contributed by atoms with E-state index in [0.717, 1.165) is 4.90 Å². The second kappa shape index (κ2) is 6.70. The summed E-state index contributed by atoms with van der Waals surface area (Å²) >= 11 is 0. The Morgan fingerprint density at radius 3 is 2.18 bits per heavy atom. The summed E-state index contributed by atoms with van der Waals surface area (Å²) in [5.41, 5.74) is 0.814. The van der Waals surface area contributed by atoms with Gasteiger partial charge in [0.25, 0.3) is 11.8 Å². The normalized spacial score (nSPS) is 15.3. The molecule has 1 atom stereocenters. The average molecular weight is 304 g/mol. The molecule has 6 nitrogen and oxygen atoms in total. The Morgan fingerprint density at radius 1 is 1.18 bits per heavy atom. The number of aliphatic carboxylic acids is 1. The lowest BCUT2D eigenvalue weighted by molar-refractivity contribution is -0.139. The minimum atomic E-state index is -0.920. The highest BCUT2D eigenvalue weighted by molar-refractivity contribution is 6.21. The summed E-state index contributed by atoms with van der Waals surface area (Å²) in [5.74, 6) is -1.32. The lowest BCUT2D eigenvalue weighted by atomic mass is 10.0. The highest BCUT2D eigenvalue weighted by Gasteiger charge is 2.34. The fourth-order valence-electron chi connectivity index (χ4n) is 2.54. The van der Waals surface area contributed by atoms with Gasteiger partial charge >= 0.3 is 5.97 Å². The number of nitrogens with zero attached hydrogens (tertiary/aromatic N) is 1. The molecule has 0 bridgehead atoms. The van der Waals surface area contributed by atoms with Crippen molar-refractivity contribution in [3.8, 4) is 0 Å². The van der Waals surface area contributed by atoms with Crippen LogP contribution in [-0.4, -0.2) is 46.9 Å². The molecule has 0 unspecified atom stereocenters. The molecule has 6 heteroatoms. The number of carbonyl (C=O) groups is 3. The van der Waals surface area contributed by atoms with Crippen molar-refractivity contribution in [2.45, 2.75) is 26.3 Å². The van der Waals surface area contributed by atoms with E-state index in [2.05, 4.69) is 5.32 Å². The van der Waals surface area contributed by atoms with Crippen LogP contribution < -0.4 is 5.32 Å². The van der Waals surface area contributed by atoms with E-state index in [-0.39, 0.29) is 30.8 Å². The van der Waals surface area contributed by atoms with E-state index >= 15 is 0 Å². The van der Waals surface area contributed by atoms with Gasteiger partial charge in [-0.3, -0.25) is 19.3 Å². The molecular weight excluding hydrogens is 284 g/mol. The SMILES string of the molecule is CC(C)C[C@H](NCCN1C(=O)c2ccccc2C1=O)C(=O)O. The molecule has 0 saturated carbocycles. The molecule has 1 aliphatic rings. The third kappa shape index (κ3) is 3.33. The molecule has 1 aromatic carbocycles. The molecule has 0 aromatic heterocycles. The Balaban J connectivity index is 1.94. The van der Waals surface area contributed by atoms with Crippen molar-refractivity contribution in [2.24, 2.45) is 5.92 Å². The number of carbonyl (C=O) groups excluding carboxylic acids is 2. The molecule has 118 valence electrons. The van der Waals surface area contributed by atoms with Gasteiger partial charge in [0, 0.05) is 13.1 Å². The number of rotatable bonds is 7. The summed E-state index contributed by atoms with van der Waals surface area (Å²) in [6, 6.07) is 6.02. The van der Waals surface area contributed by atoms with Gasteiger partial charge in [-0.25, -0.2) is 0 Å². The Kier molecular flexibility index (Phi) is 4.92. The molecule has 0 saturated heterocycles. The van der Waals surface area contributed by atoms with Crippen LogP contribution in [0.15, 0.2) is 24.3 Å². The Labute approximate surface area is 129 Å². The molecule has 0 radical (unpaired) electrons. The van der Waals surface area contributed by atoms with E-state index in [1.54, 1.807) is 24.3 Å². The van der Waals surface area contributed by atoms with Gasteiger partial charge in [0.05, 0.1) is 11.1 Å². The zero-order valence-electron chi connectivity index (χ0n) is 12.7. The number of hydrogen-bond donors (Lipinski definition) is 2. The highest BCUT2D eigenvalue weighted by Crippen LogP contribution is 2.21. The number of hydrogen-bond acceptors (Lipinski definition) is 4. The highest BCUT2D eigenvalue weighted by atomic mass is 16.4. The summed E-state index contributed by atoms with van der Waals surface area (Å²) in [6.45, 7) is 4.31. The molecule has 0 fully saturated rings. The first-order valence-corrected chi connectivity index (χ1v) is 7.33. The van der Waals surface area contributed by atoms with E-state index < -0.39 is 12.0 Å². The molecule has 0 spiro atoms. The molecule has 1 heterocycles. The maximum absolute atomic E-state index is 12.2. The summed E-state index contributed by atoms with van der Waals surface area (Å²) < 4.78 is 0. The number of nitrogens with one attached hydrogen (secondary N) is 1. The van der Waals surface area contributed by atoms with Gasteiger partial charge in [0.15, 0.2) is 0 Å². The second-order valence-electron chi connectivity index (χ2n) is 5.78. The van der Waals surface area contributed by atoms with Crippen molar-refractivity contribution in [1.29, 1.82) is 0 Å². The zero-order chi connectivity index (χ0) is 16.3. The fourth-order valence-corrected chi connectivity index (χ4v) is 2.54. The minimum absolute atomic E-state index is 0.161. The third-order valence-electron chi connectivity index (χ3n) is 3.61. The van der Waals surface area contributed by atoms with Crippen molar-refractivity contribution < 1.29 is 19.5 Å². The van der Waals surface area contributed by atoms with Crippen LogP contribution in [0.2, 0.25) is 0 Å². The Morgan fingerprint density at radius 2 is 1.73 bits per heavy atom. The second-order valence-corrected chi connectivity index (χ2v) is 5.78. The lowest BCUT2D eigenvalue weighted by Crippen LogP contribution is -2.43. The number of benzene rings is 1. The van der Waals surface area contributed by atoms with Crippen LogP contribution in [0.1, 0.15) is 41.0 Å². The molecule has 2 amide bonds. The van der Waals surface area contributed by atoms with Gasteiger partial charge in [-0.1, -0.05) is 26.0 Å². The number of imide groups is 1. The first kappa shape index (κ1) is 16.2. The van der Waals surface area contributed by atoms with Crippen LogP contribution in [-0.2, 0) is 4.79 Å². The van der Waals surface area contributed by atoms with E-state index in [1.165, 1.54) is 0 Å². The van der Waals surface area contributed by atoms with E-state index in [9.17, 15) is 14.4 Å². The summed E-state index contributed by atoms with van der Waals surface area (Å²) in [4.78, 5) is 36.6. The molecular formula is C16H20N2O4. The van der Waals surface area contributed by atoms with Crippen molar-refractivity contribution >= 4 is 17.8 Å². The average Bonchev–Trinajstić information content (AvgIpc) is 2.71. The number of carboxylic acid groups (broad SMARTS) is 1. The molecule has 1 aromatic rings. The quantitative estimate of drug-likeness (QED) is 0.743. The number of carboxylic acids is 1. The predicted molar refractivity (Wildman–Crippen MR) is 80.7 cm³/mol. The van der Waals surface area contributed by atoms with E-state index in [1.807, 2.05) is 13.8 Å². The predicted octanol–water partition coefficient (Wildman–Crippen LogP) is 1.37. The van der Waals surface area contributed by atoms with Crippen LogP contribution >= 0.6 is 0 Å². The van der Waals surface area contributed by atoms with Crippen molar-refractivity contribution in [3.05, 3.63) is 35.4 Å². The van der Waals surface area contributed by atoms with Crippen LogP contribution in [0.4, 0.5) is 0 Å². The number of amides is 2. The third-order valence-corrected chi connectivity index (χ3v) is 3.61. The molecule has 2 rings (SSSR count). The van der Waals surface area contributed by atoms with Gasteiger partial charge in [0.1, 0.15) is 6.04 Å². The standard InChI is InChI=1S/C16H20N2O4/c1-10(2)9-13(16(21)22)17-7-8-18-14(19)11-5-3-4-6-12(11)15(18)20/h3-6,10,13,17H,7-9H2,1-2H3,(H,21,22)/t13-/m0/s1. The first-order chi connectivity index (χ1) is 10.4. The van der Waals surface area contributed by atoms with Crippen LogP contribution in [0, 0.1) is 5.92 Å². The van der Waals surface area contributed by atoms with Crippen LogP contribution in [0.3, 0.4) is 0 Å². The topological polar surface area (TPSA) is 86.7 Å². The van der Waals surface area contributed by atoms with Gasteiger partial charge in [-0.05, 0) is 24.5 Å². The van der Waals surface area contributed by atoms with Crippen molar-refractivity contribution in [1.82, 2.24) is 10.2 Å². The monoisotopic (exact) mass is 304 g/mol. The Hall–Kier alpha value is -2.21. The smallest absolute Gasteiger partial charge is 0.320 e. The minimum Gasteiger partial charge on any atom is -0.480 e. The van der Waals surface area contributed by atoms with Crippen LogP contribution in [0.25, 0.3) is 0 Å². The molecule has 1 aliphatic heterocycles. The van der Waals surface area contributed by atoms with Gasteiger partial charge in [-0.15, -0.1) is 0 Å². The van der Waals surface area contributed by atoms with Gasteiger partial charge in [-0.2, -0.15) is 0 Å². The molecule has 0 aliphatic carbocycles. The summed E-state index contributed by atoms with van der Waals surface area (Å²) in [5, 5.41) is 12.0. The lowest BCUT2D eigenvalue weighted by Gasteiger charge is -2.19. The molecule has 2 N–H and O–H groups in total. The maximum atomic E-state index is 12.2. The van der Waals surface area contributed by atoms with Crippen molar-refractivity contribution in [2.75, 3.05) is 13.1 Å². The Bertz CT molecular complexity index is 563. The fraction of sp³-hybridized carbons (Fsp3) is 0.438. The van der Waals surface area contributed by atoms with Crippen molar-refractivity contribution in [3.63, 3.8) is 0 Å². The largest absolute Gasteiger partial charge is 0.480 e. The van der Waals surface area contributed by atoms with E-state index in [0.29, 0.717) is 17.5 Å². The number of fused-ring (bicyclic) bond motifs is 1.